The van der Waals surface area contributed by atoms with Crippen molar-refractivity contribution in [2.45, 2.75) is 6.92 Å². The topological polar surface area (TPSA) is 76.2 Å². The molecule has 5 nitrogen and oxygen atoms in total. The van der Waals surface area contributed by atoms with Crippen molar-refractivity contribution < 1.29 is 14.4 Å². The van der Waals surface area contributed by atoms with Crippen LogP contribution in [0.2, 0.25) is 0 Å². The van der Waals surface area contributed by atoms with E-state index >= 15 is 0 Å². The second-order valence-electron chi connectivity index (χ2n) is 4.71. The van der Waals surface area contributed by atoms with Crippen LogP contribution in [0, 0.1) is 6.92 Å². The van der Waals surface area contributed by atoms with Crippen LogP contribution in [0.1, 0.15) is 15.9 Å². The molecule has 0 radical (unpaired) electrons. The predicted molar refractivity (Wildman–Crippen MR) is 76.9 cm³/mol. The number of carboxylic acid groups (broad SMARTS) is 1. The zero-order chi connectivity index (χ0) is 14.8. The van der Waals surface area contributed by atoms with E-state index in [1.54, 1.807) is 18.2 Å². The quantitative estimate of drug-likeness (QED) is 0.795. The first-order chi connectivity index (χ1) is 10.1. The van der Waals surface area contributed by atoms with Crippen molar-refractivity contribution in [3.63, 3.8) is 0 Å². The number of rotatable bonds is 3. The molecule has 2 aromatic carbocycles. The van der Waals surface area contributed by atoms with Gasteiger partial charge in [-0.25, -0.2) is 4.79 Å². The van der Waals surface area contributed by atoms with Gasteiger partial charge in [0.05, 0.1) is 5.56 Å². The van der Waals surface area contributed by atoms with Gasteiger partial charge < -0.3 is 9.63 Å². The normalized spacial score (nSPS) is 10.5. The van der Waals surface area contributed by atoms with Gasteiger partial charge in [-0.2, -0.15) is 0 Å². The molecule has 0 aliphatic heterocycles. The number of aromatic carboxylic acids is 1. The van der Waals surface area contributed by atoms with Crippen LogP contribution in [-0.4, -0.2) is 21.4 Å². The number of benzene rings is 2. The molecule has 0 aliphatic rings. The Morgan fingerprint density at radius 1 is 1.10 bits per heavy atom. The molecule has 3 rings (SSSR count). The fourth-order valence-corrected chi connectivity index (χ4v) is 2.15. The standard InChI is InChI=1S/C16H12N2O3/c1-10-4-2-5-11(8-10)14-15(21-18-17-14)12-6-3-7-13(9-12)16(19)20/h2-9H,1H3,(H,19,20). The first kappa shape index (κ1) is 13.1. The highest BCUT2D eigenvalue weighted by molar-refractivity contribution is 5.90. The third-order valence-corrected chi connectivity index (χ3v) is 3.15. The molecule has 0 fully saturated rings. The molecule has 1 aromatic heterocycles. The maximum Gasteiger partial charge on any atom is 0.335 e. The summed E-state index contributed by atoms with van der Waals surface area (Å²) in [6.45, 7) is 1.99. The number of nitrogens with zero attached hydrogens (tertiary/aromatic N) is 2. The maximum absolute atomic E-state index is 11.1. The van der Waals surface area contributed by atoms with Crippen LogP contribution in [0.4, 0.5) is 0 Å². The molecule has 0 aliphatic carbocycles. The largest absolute Gasteiger partial charge is 0.478 e. The van der Waals surface area contributed by atoms with E-state index in [2.05, 4.69) is 10.4 Å². The van der Waals surface area contributed by atoms with Crippen LogP contribution in [-0.2, 0) is 0 Å². The van der Waals surface area contributed by atoms with Gasteiger partial charge in [0.2, 0.25) is 0 Å². The highest BCUT2D eigenvalue weighted by atomic mass is 16.5. The van der Waals surface area contributed by atoms with Crippen molar-refractivity contribution in [3.05, 3.63) is 59.7 Å². The lowest BCUT2D eigenvalue weighted by molar-refractivity contribution is 0.0697. The highest BCUT2D eigenvalue weighted by Crippen LogP contribution is 2.30. The number of carboxylic acids is 1. The predicted octanol–water partition coefficient (Wildman–Crippen LogP) is 3.41. The first-order valence-electron chi connectivity index (χ1n) is 6.38. The minimum absolute atomic E-state index is 0.194. The summed E-state index contributed by atoms with van der Waals surface area (Å²) in [5, 5.41) is 16.7. The van der Waals surface area contributed by atoms with E-state index in [4.69, 9.17) is 9.63 Å². The molecule has 0 saturated heterocycles. The van der Waals surface area contributed by atoms with Crippen LogP contribution in [0.25, 0.3) is 22.6 Å². The Morgan fingerprint density at radius 3 is 2.62 bits per heavy atom. The van der Waals surface area contributed by atoms with Crippen LogP contribution >= 0.6 is 0 Å². The van der Waals surface area contributed by atoms with E-state index < -0.39 is 5.97 Å². The van der Waals surface area contributed by atoms with Crippen molar-refractivity contribution in [1.82, 2.24) is 10.4 Å². The SMILES string of the molecule is Cc1cccc(-c2nnoc2-c2cccc(C(=O)O)c2)c1. The molecule has 104 valence electrons. The monoisotopic (exact) mass is 280 g/mol. The average Bonchev–Trinajstić information content (AvgIpc) is 2.97. The van der Waals surface area contributed by atoms with Crippen LogP contribution in [0.15, 0.2) is 53.1 Å². The average molecular weight is 280 g/mol. The summed E-state index contributed by atoms with van der Waals surface area (Å²) in [5.74, 6) is -0.523. The highest BCUT2D eigenvalue weighted by Gasteiger charge is 2.16. The Labute approximate surface area is 120 Å². The summed E-state index contributed by atoms with van der Waals surface area (Å²) in [6.07, 6.45) is 0. The van der Waals surface area contributed by atoms with E-state index in [1.807, 2.05) is 31.2 Å². The lowest BCUT2D eigenvalue weighted by atomic mass is 10.0. The fourth-order valence-electron chi connectivity index (χ4n) is 2.15. The van der Waals surface area contributed by atoms with Crippen LogP contribution in [0.3, 0.4) is 0 Å². The van der Waals surface area contributed by atoms with Gasteiger partial charge in [-0.1, -0.05) is 35.9 Å². The third kappa shape index (κ3) is 2.53. The van der Waals surface area contributed by atoms with Gasteiger partial charge in [0.1, 0.15) is 5.69 Å². The molecular weight excluding hydrogens is 268 g/mol. The molecule has 0 amide bonds. The summed E-state index contributed by atoms with van der Waals surface area (Å²) in [4.78, 5) is 11.1. The number of hydrogen-bond donors (Lipinski definition) is 1. The van der Waals surface area contributed by atoms with Gasteiger partial charge in [0.25, 0.3) is 0 Å². The molecule has 21 heavy (non-hydrogen) atoms. The fraction of sp³-hybridized carbons (Fsp3) is 0.0625. The Balaban J connectivity index is 2.11. The molecule has 1 heterocycles. The van der Waals surface area contributed by atoms with Gasteiger partial charge >= 0.3 is 5.97 Å². The molecule has 0 unspecified atom stereocenters. The number of aromatic nitrogens is 2. The van der Waals surface area contributed by atoms with Gasteiger partial charge in [-0.15, -0.1) is 5.10 Å². The Kier molecular flexibility index (Phi) is 3.23. The molecule has 1 N–H and O–H groups in total. The molecule has 3 aromatic rings. The molecule has 0 atom stereocenters. The summed E-state index contributed by atoms with van der Waals surface area (Å²) in [6, 6.07) is 14.3. The number of hydrogen-bond acceptors (Lipinski definition) is 4. The van der Waals surface area contributed by atoms with Crippen molar-refractivity contribution in [2.24, 2.45) is 0 Å². The molecule has 0 saturated carbocycles. The molecule has 0 spiro atoms. The van der Waals surface area contributed by atoms with Crippen LogP contribution in [0.5, 0.6) is 0 Å². The Bertz CT molecular complexity index is 809. The Hall–Kier alpha value is -2.95. The minimum Gasteiger partial charge on any atom is -0.478 e. The van der Waals surface area contributed by atoms with E-state index in [1.165, 1.54) is 6.07 Å². The molecular formula is C16H12N2O3. The van der Waals surface area contributed by atoms with E-state index in [-0.39, 0.29) is 5.56 Å². The van der Waals surface area contributed by atoms with Crippen molar-refractivity contribution >= 4 is 5.97 Å². The molecule has 0 bridgehead atoms. The zero-order valence-corrected chi connectivity index (χ0v) is 11.3. The summed E-state index contributed by atoms with van der Waals surface area (Å²) >= 11 is 0. The molecule has 5 heteroatoms. The Morgan fingerprint density at radius 2 is 1.86 bits per heavy atom. The smallest absolute Gasteiger partial charge is 0.335 e. The number of carbonyl (C=O) groups is 1. The van der Waals surface area contributed by atoms with Crippen molar-refractivity contribution in [1.29, 1.82) is 0 Å². The van der Waals surface area contributed by atoms with Gasteiger partial charge in [0, 0.05) is 16.4 Å². The number of aryl methyl sites for hydroxylation is 1. The van der Waals surface area contributed by atoms with Crippen molar-refractivity contribution in [3.8, 4) is 22.6 Å². The first-order valence-corrected chi connectivity index (χ1v) is 6.38. The van der Waals surface area contributed by atoms with E-state index in [0.29, 0.717) is 17.0 Å². The van der Waals surface area contributed by atoms with E-state index in [9.17, 15) is 4.79 Å². The summed E-state index contributed by atoms with van der Waals surface area (Å²) in [7, 11) is 0. The summed E-state index contributed by atoms with van der Waals surface area (Å²) < 4.78 is 5.23. The zero-order valence-electron chi connectivity index (χ0n) is 11.3. The minimum atomic E-state index is -0.985. The third-order valence-electron chi connectivity index (χ3n) is 3.15. The lowest BCUT2D eigenvalue weighted by Gasteiger charge is -2.02. The van der Waals surface area contributed by atoms with E-state index in [0.717, 1.165) is 11.1 Å². The second-order valence-corrected chi connectivity index (χ2v) is 4.71. The lowest BCUT2D eigenvalue weighted by Crippen LogP contribution is -1.95. The van der Waals surface area contributed by atoms with Gasteiger partial charge in [-0.3, -0.25) is 0 Å². The second kappa shape index (κ2) is 5.20. The summed E-state index contributed by atoms with van der Waals surface area (Å²) in [5.41, 5.74) is 3.41. The van der Waals surface area contributed by atoms with Gasteiger partial charge in [-0.05, 0) is 25.1 Å². The van der Waals surface area contributed by atoms with Gasteiger partial charge in [0.15, 0.2) is 5.76 Å². The van der Waals surface area contributed by atoms with Crippen molar-refractivity contribution in [2.75, 3.05) is 0 Å². The maximum atomic E-state index is 11.1. The van der Waals surface area contributed by atoms with Crippen LogP contribution < -0.4 is 0 Å².